The number of thiazole rings is 1. The van der Waals surface area contributed by atoms with E-state index in [4.69, 9.17) is 11.5 Å². The third-order valence-corrected chi connectivity index (χ3v) is 2.31. The lowest BCUT2D eigenvalue weighted by Crippen LogP contribution is -2.35. The third kappa shape index (κ3) is 3.55. The fourth-order valence-electron chi connectivity index (χ4n) is 1.04. The molecule has 1 aromatic heterocycles. The van der Waals surface area contributed by atoms with Crippen molar-refractivity contribution in [3.05, 3.63) is 11.1 Å². The van der Waals surface area contributed by atoms with Crippen LogP contribution in [0.5, 0.6) is 0 Å². The average molecular weight is 228 g/mol. The van der Waals surface area contributed by atoms with E-state index in [0.29, 0.717) is 5.13 Å². The molecule has 1 atom stereocenters. The molecule has 1 aromatic rings. The summed E-state index contributed by atoms with van der Waals surface area (Å²) in [6.07, 6.45) is 0.103. The lowest BCUT2D eigenvalue weighted by molar-refractivity contribution is -0.118. The van der Waals surface area contributed by atoms with Crippen LogP contribution in [-0.4, -0.2) is 22.8 Å². The molecule has 0 bridgehead atoms. The van der Waals surface area contributed by atoms with Gasteiger partial charge in [-0.15, -0.1) is 11.3 Å². The molecular weight excluding hydrogens is 216 g/mol. The summed E-state index contributed by atoms with van der Waals surface area (Å²) in [5.41, 5.74) is 10.6. The van der Waals surface area contributed by atoms with Gasteiger partial charge < -0.3 is 16.8 Å². The molecular formula is C8H12N4O2S. The van der Waals surface area contributed by atoms with Crippen LogP contribution in [0.4, 0.5) is 5.13 Å². The van der Waals surface area contributed by atoms with E-state index in [2.05, 4.69) is 10.3 Å². The molecule has 82 valence electrons. The molecule has 0 aliphatic rings. The monoisotopic (exact) mass is 228 g/mol. The van der Waals surface area contributed by atoms with Gasteiger partial charge in [-0.25, -0.2) is 4.98 Å². The molecule has 6 nitrogen and oxygen atoms in total. The van der Waals surface area contributed by atoms with E-state index in [9.17, 15) is 9.59 Å². The van der Waals surface area contributed by atoms with Crippen LogP contribution < -0.4 is 16.8 Å². The number of anilines is 1. The number of hydrogen-bond acceptors (Lipinski definition) is 5. The largest absolute Gasteiger partial charge is 0.375 e. The van der Waals surface area contributed by atoms with E-state index in [0.717, 1.165) is 0 Å². The van der Waals surface area contributed by atoms with E-state index in [1.54, 1.807) is 12.3 Å². The fourth-order valence-corrected chi connectivity index (χ4v) is 1.59. The third-order valence-electron chi connectivity index (χ3n) is 1.64. The highest BCUT2D eigenvalue weighted by atomic mass is 32.1. The Morgan fingerprint density at radius 1 is 1.67 bits per heavy atom. The zero-order chi connectivity index (χ0) is 11.4. The van der Waals surface area contributed by atoms with Crippen LogP contribution in [0.2, 0.25) is 0 Å². The van der Waals surface area contributed by atoms with Crippen molar-refractivity contribution in [1.29, 1.82) is 0 Å². The van der Waals surface area contributed by atoms with Crippen molar-refractivity contribution in [3.63, 3.8) is 0 Å². The molecule has 1 heterocycles. The Morgan fingerprint density at radius 3 is 2.80 bits per heavy atom. The molecule has 0 fully saturated rings. The van der Waals surface area contributed by atoms with Gasteiger partial charge in [0.1, 0.15) is 5.69 Å². The summed E-state index contributed by atoms with van der Waals surface area (Å²) in [6.45, 7) is 1.69. The van der Waals surface area contributed by atoms with E-state index in [1.807, 2.05) is 0 Å². The highest BCUT2D eigenvalue weighted by molar-refractivity contribution is 7.13. The minimum Gasteiger partial charge on any atom is -0.375 e. The van der Waals surface area contributed by atoms with Crippen molar-refractivity contribution in [2.75, 3.05) is 5.73 Å². The normalized spacial score (nSPS) is 12.1. The number of rotatable bonds is 4. The van der Waals surface area contributed by atoms with Crippen LogP contribution >= 0.6 is 11.3 Å². The Hall–Kier alpha value is -1.63. The van der Waals surface area contributed by atoms with Crippen molar-refractivity contribution in [2.24, 2.45) is 5.73 Å². The SMILES string of the molecule is CC(CC(N)=O)NC(=O)c1csc(N)n1. The highest BCUT2D eigenvalue weighted by Gasteiger charge is 2.13. The van der Waals surface area contributed by atoms with Crippen molar-refractivity contribution in [3.8, 4) is 0 Å². The van der Waals surface area contributed by atoms with Crippen LogP contribution in [0, 0.1) is 0 Å². The van der Waals surface area contributed by atoms with Gasteiger partial charge in [0.15, 0.2) is 5.13 Å². The second kappa shape index (κ2) is 4.74. The molecule has 0 radical (unpaired) electrons. The van der Waals surface area contributed by atoms with Gasteiger partial charge in [0, 0.05) is 17.8 Å². The maximum Gasteiger partial charge on any atom is 0.271 e. The Labute approximate surface area is 90.7 Å². The van der Waals surface area contributed by atoms with Gasteiger partial charge >= 0.3 is 0 Å². The number of carbonyl (C=O) groups excluding carboxylic acids is 2. The van der Waals surface area contributed by atoms with E-state index < -0.39 is 5.91 Å². The maximum absolute atomic E-state index is 11.5. The number of primary amides is 1. The molecule has 15 heavy (non-hydrogen) atoms. The van der Waals surface area contributed by atoms with E-state index in [-0.39, 0.29) is 24.1 Å². The van der Waals surface area contributed by atoms with Gasteiger partial charge in [0.2, 0.25) is 5.91 Å². The number of hydrogen-bond donors (Lipinski definition) is 3. The topological polar surface area (TPSA) is 111 Å². The van der Waals surface area contributed by atoms with Crippen LogP contribution in [0.25, 0.3) is 0 Å². The smallest absolute Gasteiger partial charge is 0.271 e. The number of nitrogen functional groups attached to an aromatic ring is 1. The molecule has 7 heteroatoms. The van der Waals surface area contributed by atoms with Crippen LogP contribution in [0.1, 0.15) is 23.8 Å². The summed E-state index contributed by atoms with van der Waals surface area (Å²) < 4.78 is 0. The highest BCUT2D eigenvalue weighted by Crippen LogP contribution is 2.10. The van der Waals surface area contributed by atoms with Crippen molar-refractivity contribution >= 4 is 28.3 Å². The molecule has 0 aromatic carbocycles. The summed E-state index contributed by atoms with van der Waals surface area (Å²) in [6, 6.07) is -0.307. The van der Waals surface area contributed by atoms with Crippen molar-refractivity contribution in [2.45, 2.75) is 19.4 Å². The number of carbonyl (C=O) groups is 2. The maximum atomic E-state index is 11.5. The first-order chi connectivity index (χ1) is 6.99. The van der Waals surface area contributed by atoms with Crippen LogP contribution in [-0.2, 0) is 4.79 Å². The van der Waals surface area contributed by atoms with Gasteiger partial charge in [-0.2, -0.15) is 0 Å². The lowest BCUT2D eigenvalue weighted by Gasteiger charge is -2.10. The van der Waals surface area contributed by atoms with Gasteiger partial charge in [-0.1, -0.05) is 0 Å². The number of nitrogens with zero attached hydrogens (tertiary/aromatic N) is 1. The zero-order valence-electron chi connectivity index (χ0n) is 8.19. The predicted octanol–water partition coefficient (Wildman–Crippen LogP) is -0.281. The second-order valence-corrected chi connectivity index (χ2v) is 4.01. The molecule has 0 spiro atoms. The number of amides is 2. The van der Waals surface area contributed by atoms with Crippen LogP contribution in [0.3, 0.4) is 0 Å². The van der Waals surface area contributed by atoms with E-state index >= 15 is 0 Å². The summed E-state index contributed by atoms with van der Waals surface area (Å²) in [7, 11) is 0. The first kappa shape index (κ1) is 11.4. The zero-order valence-corrected chi connectivity index (χ0v) is 9.00. The fraction of sp³-hybridized carbons (Fsp3) is 0.375. The standard InChI is InChI=1S/C8H12N4O2S/c1-4(2-6(9)13)11-7(14)5-3-15-8(10)12-5/h3-4H,2H2,1H3,(H2,9,13)(H2,10,12)(H,11,14). The minimum absolute atomic E-state index is 0.103. The predicted molar refractivity (Wildman–Crippen MR) is 57.3 cm³/mol. The molecule has 0 saturated heterocycles. The number of nitrogens with one attached hydrogen (secondary N) is 1. The van der Waals surface area contributed by atoms with Gasteiger partial charge in [-0.3, -0.25) is 9.59 Å². The number of nitrogens with two attached hydrogens (primary N) is 2. The molecule has 0 saturated carbocycles. The second-order valence-electron chi connectivity index (χ2n) is 3.12. The van der Waals surface area contributed by atoms with Gasteiger partial charge in [0.25, 0.3) is 5.91 Å². The van der Waals surface area contributed by atoms with Crippen molar-refractivity contribution in [1.82, 2.24) is 10.3 Å². The number of aromatic nitrogens is 1. The Bertz CT molecular complexity index is 376. The molecule has 1 rings (SSSR count). The Kier molecular flexibility index (Phi) is 3.62. The quantitative estimate of drug-likeness (QED) is 0.658. The Balaban J connectivity index is 2.52. The van der Waals surface area contributed by atoms with Crippen molar-refractivity contribution < 1.29 is 9.59 Å². The minimum atomic E-state index is -0.458. The van der Waals surface area contributed by atoms with E-state index in [1.165, 1.54) is 11.3 Å². The van der Waals surface area contributed by atoms with Gasteiger partial charge in [-0.05, 0) is 6.92 Å². The Morgan fingerprint density at radius 2 is 2.33 bits per heavy atom. The van der Waals surface area contributed by atoms with Gasteiger partial charge in [0.05, 0.1) is 0 Å². The summed E-state index contributed by atoms with van der Waals surface area (Å²) >= 11 is 1.19. The summed E-state index contributed by atoms with van der Waals surface area (Å²) in [4.78, 5) is 25.9. The molecule has 1 unspecified atom stereocenters. The summed E-state index contributed by atoms with van der Waals surface area (Å²) in [5.74, 6) is -0.808. The first-order valence-electron chi connectivity index (χ1n) is 4.29. The lowest BCUT2D eigenvalue weighted by atomic mass is 10.2. The molecule has 0 aliphatic carbocycles. The molecule has 2 amide bonds. The average Bonchev–Trinajstić information content (AvgIpc) is 2.49. The first-order valence-corrected chi connectivity index (χ1v) is 5.17. The molecule has 0 aliphatic heterocycles. The summed E-state index contributed by atoms with van der Waals surface area (Å²) in [5, 5.41) is 4.48. The molecule has 5 N–H and O–H groups in total. The van der Waals surface area contributed by atoms with Crippen LogP contribution in [0.15, 0.2) is 5.38 Å².